The number of hydrogen-bond acceptors (Lipinski definition) is 5. The second kappa shape index (κ2) is 4.63. The Morgan fingerprint density at radius 3 is 2.47 bits per heavy atom. The molecule has 1 aromatic rings. The second-order valence-corrected chi connectivity index (χ2v) is 2.74. The van der Waals surface area contributed by atoms with Crippen molar-refractivity contribution in [2.45, 2.75) is 6.18 Å². The fourth-order valence-corrected chi connectivity index (χ4v) is 0.760. The van der Waals surface area contributed by atoms with Crippen LogP contribution in [0.25, 0.3) is 0 Å². The third-order valence-corrected chi connectivity index (χ3v) is 1.52. The number of aromatic nitrogens is 1. The largest absolute Gasteiger partial charge is 0.472 e. The van der Waals surface area contributed by atoms with Crippen LogP contribution in [0.2, 0.25) is 0 Å². The molecule has 0 unspecified atom stereocenters. The molecule has 0 saturated heterocycles. The lowest BCUT2D eigenvalue weighted by Gasteiger charge is -2.08. The van der Waals surface area contributed by atoms with Gasteiger partial charge in [-0.25, -0.2) is 4.98 Å². The Bertz CT molecular complexity index is 431. The van der Waals surface area contributed by atoms with Crippen LogP contribution in [0.4, 0.5) is 24.7 Å². The highest BCUT2D eigenvalue weighted by Crippen LogP contribution is 2.15. The molecule has 92 valence electrons. The van der Waals surface area contributed by atoms with Crippen molar-refractivity contribution in [3.8, 4) is 0 Å². The van der Waals surface area contributed by atoms with E-state index in [9.17, 15) is 28.1 Å². The minimum absolute atomic E-state index is 0.159. The van der Waals surface area contributed by atoms with Gasteiger partial charge in [-0.05, 0) is 6.07 Å². The van der Waals surface area contributed by atoms with Gasteiger partial charge in [0.25, 0.3) is 5.69 Å². The molecule has 1 aromatic heterocycles. The van der Waals surface area contributed by atoms with E-state index in [-0.39, 0.29) is 11.5 Å². The quantitative estimate of drug-likeness (QED) is 0.616. The van der Waals surface area contributed by atoms with E-state index in [1.807, 2.05) is 5.43 Å². The zero-order chi connectivity index (χ0) is 13.1. The molecule has 0 atom stereocenters. The van der Waals surface area contributed by atoms with Crippen LogP contribution < -0.4 is 10.9 Å². The van der Waals surface area contributed by atoms with Crippen LogP contribution in [-0.4, -0.2) is 22.0 Å². The average molecular weight is 250 g/mol. The van der Waals surface area contributed by atoms with Crippen molar-refractivity contribution in [2.75, 3.05) is 5.43 Å². The molecule has 0 bridgehead atoms. The summed E-state index contributed by atoms with van der Waals surface area (Å²) >= 11 is 0. The van der Waals surface area contributed by atoms with Gasteiger partial charge in [-0.1, -0.05) is 0 Å². The Labute approximate surface area is 91.8 Å². The Morgan fingerprint density at radius 2 is 2.06 bits per heavy atom. The number of alkyl halides is 3. The molecule has 0 saturated carbocycles. The molecule has 0 radical (unpaired) electrons. The number of carbonyl (C=O) groups is 1. The smallest absolute Gasteiger partial charge is 0.282 e. The van der Waals surface area contributed by atoms with Crippen molar-refractivity contribution in [1.29, 1.82) is 0 Å². The highest BCUT2D eigenvalue weighted by molar-refractivity contribution is 5.82. The first kappa shape index (κ1) is 12.7. The number of nitrogens with zero attached hydrogens (tertiary/aromatic N) is 2. The Hall–Kier alpha value is -2.39. The van der Waals surface area contributed by atoms with E-state index in [0.717, 1.165) is 18.3 Å². The summed E-state index contributed by atoms with van der Waals surface area (Å²) in [5.74, 6) is -2.36. The molecule has 1 rings (SSSR count). The highest BCUT2D eigenvalue weighted by Gasteiger charge is 2.38. The van der Waals surface area contributed by atoms with Gasteiger partial charge in [-0.2, -0.15) is 13.2 Å². The molecule has 1 heterocycles. The number of anilines is 1. The van der Waals surface area contributed by atoms with E-state index in [1.165, 1.54) is 5.43 Å². The second-order valence-electron chi connectivity index (χ2n) is 2.74. The number of halogens is 3. The normalized spacial score (nSPS) is 10.8. The summed E-state index contributed by atoms with van der Waals surface area (Å²) in [6.45, 7) is 0. The summed E-state index contributed by atoms with van der Waals surface area (Å²) in [5.41, 5.74) is 2.88. The van der Waals surface area contributed by atoms with Gasteiger partial charge >= 0.3 is 12.1 Å². The monoisotopic (exact) mass is 250 g/mol. The van der Waals surface area contributed by atoms with E-state index in [4.69, 9.17) is 0 Å². The summed E-state index contributed by atoms with van der Waals surface area (Å²) in [7, 11) is 0. The molecule has 0 aliphatic rings. The molecule has 0 fully saturated rings. The van der Waals surface area contributed by atoms with Crippen LogP contribution >= 0.6 is 0 Å². The van der Waals surface area contributed by atoms with E-state index < -0.39 is 17.0 Å². The predicted molar refractivity (Wildman–Crippen MR) is 48.7 cm³/mol. The van der Waals surface area contributed by atoms with E-state index in [1.54, 1.807) is 0 Å². The fraction of sp³-hybridized carbons (Fsp3) is 0.143. The first-order valence-electron chi connectivity index (χ1n) is 4.04. The number of nitro groups is 1. The SMILES string of the molecule is O=C(NNc1ccc([N+](=O)[O-])cn1)C(F)(F)F. The van der Waals surface area contributed by atoms with Gasteiger partial charge in [0.1, 0.15) is 12.0 Å². The fourth-order valence-electron chi connectivity index (χ4n) is 0.760. The van der Waals surface area contributed by atoms with Gasteiger partial charge in [0.2, 0.25) is 0 Å². The van der Waals surface area contributed by atoms with Crippen LogP contribution in [-0.2, 0) is 4.79 Å². The Balaban J connectivity index is 2.59. The molecular weight excluding hydrogens is 245 g/mol. The molecular formula is C7H5F3N4O3. The lowest BCUT2D eigenvalue weighted by Crippen LogP contribution is -2.40. The van der Waals surface area contributed by atoms with E-state index in [2.05, 4.69) is 4.98 Å². The lowest BCUT2D eigenvalue weighted by atomic mass is 10.4. The van der Waals surface area contributed by atoms with Crippen LogP contribution in [0.1, 0.15) is 0 Å². The topological polar surface area (TPSA) is 97.2 Å². The number of pyridine rings is 1. The first-order chi connectivity index (χ1) is 7.80. The van der Waals surface area contributed by atoms with Crippen LogP contribution in [0.15, 0.2) is 18.3 Å². The zero-order valence-electron chi connectivity index (χ0n) is 7.99. The summed E-state index contributed by atoms with van der Waals surface area (Å²) < 4.78 is 35.3. The molecule has 0 aromatic carbocycles. The van der Waals surface area contributed by atoms with Crippen LogP contribution in [0.3, 0.4) is 0 Å². The number of hydrazine groups is 1. The number of rotatable bonds is 3. The molecule has 7 nitrogen and oxygen atoms in total. The summed E-state index contributed by atoms with van der Waals surface area (Å²) in [6, 6.07) is 2.07. The molecule has 2 N–H and O–H groups in total. The average Bonchev–Trinajstić information content (AvgIpc) is 2.25. The number of carbonyl (C=O) groups excluding carboxylic acids is 1. The Kier molecular flexibility index (Phi) is 3.46. The van der Waals surface area contributed by atoms with Crippen molar-refractivity contribution in [3.63, 3.8) is 0 Å². The van der Waals surface area contributed by atoms with Crippen molar-refractivity contribution >= 4 is 17.4 Å². The molecule has 17 heavy (non-hydrogen) atoms. The minimum Gasteiger partial charge on any atom is -0.282 e. The molecule has 0 spiro atoms. The molecule has 10 heteroatoms. The number of amides is 1. The van der Waals surface area contributed by atoms with Crippen LogP contribution in [0.5, 0.6) is 0 Å². The Morgan fingerprint density at radius 1 is 1.41 bits per heavy atom. The van der Waals surface area contributed by atoms with Crippen molar-refractivity contribution in [3.05, 3.63) is 28.4 Å². The van der Waals surface area contributed by atoms with Crippen molar-refractivity contribution in [1.82, 2.24) is 10.4 Å². The van der Waals surface area contributed by atoms with Gasteiger partial charge in [-0.3, -0.25) is 25.8 Å². The minimum atomic E-state index is -5.02. The first-order valence-corrected chi connectivity index (χ1v) is 4.04. The third-order valence-electron chi connectivity index (χ3n) is 1.52. The lowest BCUT2D eigenvalue weighted by molar-refractivity contribution is -0.385. The van der Waals surface area contributed by atoms with Crippen LogP contribution in [0, 0.1) is 10.1 Å². The number of nitrogens with one attached hydrogen (secondary N) is 2. The highest BCUT2D eigenvalue weighted by atomic mass is 19.4. The standard InChI is InChI=1S/C7H5F3N4O3/c8-7(9,10)6(15)13-12-5-2-1-4(3-11-5)14(16)17/h1-3H,(H,11,12)(H,13,15). The maximum absolute atomic E-state index is 11.8. The van der Waals surface area contributed by atoms with E-state index in [0.29, 0.717) is 0 Å². The van der Waals surface area contributed by atoms with Gasteiger partial charge in [0.15, 0.2) is 0 Å². The summed E-state index contributed by atoms with van der Waals surface area (Å²) in [5, 5.41) is 10.2. The molecule has 1 amide bonds. The third kappa shape index (κ3) is 3.59. The van der Waals surface area contributed by atoms with E-state index >= 15 is 0 Å². The van der Waals surface area contributed by atoms with Gasteiger partial charge in [0.05, 0.1) is 4.92 Å². The van der Waals surface area contributed by atoms with Gasteiger partial charge < -0.3 is 0 Å². The zero-order valence-corrected chi connectivity index (χ0v) is 7.99. The van der Waals surface area contributed by atoms with Gasteiger partial charge in [0, 0.05) is 6.07 Å². The maximum atomic E-state index is 11.8. The molecule has 0 aliphatic carbocycles. The van der Waals surface area contributed by atoms with Gasteiger partial charge in [-0.15, -0.1) is 0 Å². The van der Waals surface area contributed by atoms with Crippen molar-refractivity contribution in [2.24, 2.45) is 0 Å². The maximum Gasteiger partial charge on any atom is 0.472 e. The molecule has 0 aliphatic heterocycles. The summed E-state index contributed by atoms with van der Waals surface area (Å²) in [4.78, 5) is 23.3. The predicted octanol–water partition coefficient (Wildman–Crippen LogP) is 0.995. The van der Waals surface area contributed by atoms with Crippen molar-refractivity contribution < 1.29 is 22.9 Å². The number of hydrogen-bond donors (Lipinski definition) is 2. The summed E-state index contributed by atoms with van der Waals surface area (Å²) in [6.07, 6.45) is -4.18.